The largest absolute Gasteiger partial charge is 0.493 e. The first kappa shape index (κ1) is 19.3. The molecule has 0 bridgehead atoms. The average molecular weight is 371 g/mol. The van der Waals surface area contributed by atoms with Crippen molar-refractivity contribution < 1.29 is 13.9 Å². The molecule has 2 aromatic rings. The van der Waals surface area contributed by atoms with Gasteiger partial charge in [0.05, 0.1) is 20.3 Å². The second-order valence-corrected chi connectivity index (χ2v) is 7.08. The van der Waals surface area contributed by atoms with Gasteiger partial charge in [-0.3, -0.25) is 0 Å². The Balaban J connectivity index is 1.62. The van der Waals surface area contributed by atoms with Gasteiger partial charge in [0, 0.05) is 18.7 Å². The quantitative estimate of drug-likeness (QED) is 0.705. The summed E-state index contributed by atoms with van der Waals surface area (Å²) in [6.45, 7) is 4.80. The predicted molar refractivity (Wildman–Crippen MR) is 107 cm³/mol. The number of aromatic nitrogens is 1. The van der Waals surface area contributed by atoms with Crippen LogP contribution < -0.4 is 14.4 Å². The van der Waals surface area contributed by atoms with E-state index >= 15 is 0 Å². The third-order valence-corrected chi connectivity index (χ3v) is 5.13. The number of hydrogen-bond acceptors (Lipinski definition) is 6. The van der Waals surface area contributed by atoms with E-state index in [-0.39, 0.29) is 6.04 Å². The lowest BCUT2D eigenvalue weighted by molar-refractivity contribution is 0.354. The molecule has 0 unspecified atom stereocenters. The van der Waals surface area contributed by atoms with Crippen LogP contribution in [0.3, 0.4) is 0 Å². The maximum atomic E-state index is 7.99. The Morgan fingerprint density at radius 2 is 2.04 bits per heavy atom. The first-order valence-corrected chi connectivity index (χ1v) is 9.52. The second kappa shape index (κ2) is 8.46. The molecule has 1 fully saturated rings. The molecule has 0 spiro atoms. The van der Waals surface area contributed by atoms with Gasteiger partial charge in [0.2, 0.25) is 5.88 Å². The number of nitrogens with one attached hydrogen (secondary N) is 1. The van der Waals surface area contributed by atoms with Gasteiger partial charge in [-0.15, -0.1) is 0 Å². The maximum absolute atomic E-state index is 7.99. The normalized spacial score (nSPS) is 16.6. The van der Waals surface area contributed by atoms with E-state index in [4.69, 9.17) is 19.3 Å². The van der Waals surface area contributed by atoms with Crippen LogP contribution in [0.1, 0.15) is 43.3 Å². The number of benzene rings is 1. The first-order valence-electron chi connectivity index (χ1n) is 9.52. The highest BCUT2D eigenvalue weighted by atomic mass is 16.5. The molecule has 1 atom stereocenters. The van der Waals surface area contributed by atoms with Gasteiger partial charge in [0.1, 0.15) is 5.69 Å². The van der Waals surface area contributed by atoms with Gasteiger partial charge in [-0.25, -0.2) is 4.98 Å². The zero-order valence-corrected chi connectivity index (χ0v) is 16.7. The molecule has 0 amide bonds. The number of anilines is 1. The van der Waals surface area contributed by atoms with Crippen molar-refractivity contribution in [3.63, 3.8) is 0 Å². The van der Waals surface area contributed by atoms with Crippen molar-refractivity contribution in [3.05, 3.63) is 35.3 Å². The fourth-order valence-electron chi connectivity index (χ4n) is 3.76. The Morgan fingerprint density at radius 1 is 1.26 bits per heavy atom. The Labute approximate surface area is 161 Å². The molecule has 1 aliphatic heterocycles. The molecule has 1 saturated heterocycles. The molecule has 27 heavy (non-hydrogen) atoms. The number of aryl methyl sites for hydroxylation is 3. The van der Waals surface area contributed by atoms with Crippen LogP contribution >= 0.6 is 0 Å². The minimum absolute atomic E-state index is 0.149. The lowest BCUT2D eigenvalue weighted by Crippen LogP contribution is -2.34. The zero-order chi connectivity index (χ0) is 19.4. The molecule has 2 heterocycles. The van der Waals surface area contributed by atoms with Crippen molar-refractivity contribution in [1.29, 1.82) is 5.41 Å². The fourth-order valence-corrected chi connectivity index (χ4v) is 3.76. The molecular weight excluding hydrogens is 342 g/mol. The number of nitrogens with zero attached hydrogens (tertiary/aromatic N) is 2. The molecule has 6 nitrogen and oxygen atoms in total. The van der Waals surface area contributed by atoms with Crippen molar-refractivity contribution >= 4 is 11.6 Å². The first-order chi connectivity index (χ1) is 13.0. The van der Waals surface area contributed by atoms with E-state index in [1.54, 1.807) is 14.2 Å². The Bertz CT molecular complexity index is 800. The van der Waals surface area contributed by atoms with Crippen molar-refractivity contribution in [2.75, 3.05) is 25.7 Å². The highest BCUT2D eigenvalue weighted by Gasteiger charge is 2.30. The number of methoxy groups -OCH3 is 2. The number of ether oxygens (including phenoxy) is 2. The van der Waals surface area contributed by atoms with Crippen molar-refractivity contribution in [1.82, 2.24) is 4.98 Å². The molecule has 0 saturated carbocycles. The van der Waals surface area contributed by atoms with E-state index in [1.165, 1.54) is 5.56 Å². The van der Waals surface area contributed by atoms with Crippen LogP contribution in [0.25, 0.3) is 0 Å². The van der Waals surface area contributed by atoms with Crippen LogP contribution in [-0.2, 0) is 12.8 Å². The summed E-state index contributed by atoms with van der Waals surface area (Å²) in [5.74, 6) is 3.11. The summed E-state index contributed by atoms with van der Waals surface area (Å²) in [7, 11) is 3.30. The summed E-state index contributed by atoms with van der Waals surface area (Å²) in [5.41, 5.74) is 2.82. The van der Waals surface area contributed by atoms with E-state index in [1.807, 2.05) is 26.0 Å². The average Bonchev–Trinajstić information content (AvgIpc) is 3.28. The summed E-state index contributed by atoms with van der Waals surface area (Å²) in [6, 6.07) is 6.17. The second-order valence-electron chi connectivity index (χ2n) is 7.08. The fraction of sp³-hybridized carbons (Fsp3) is 0.524. The lowest BCUT2D eigenvalue weighted by Gasteiger charge is -2.23. The van der Waals surface area contributed by atoms with E-state index < -0.39 is 0 Å². The van der Waals surface area contributed by atoms with Crippen LogP contribution in [0.2, 0.25) is 0 Å². The molecular formula is C21H29N3O3. The summed E-state index contributed by atoms with van der Waals surface area (Å²) in [6.07, 6.45) is 4.77. The van der Waals surface area contributed by atoms with Crippen LogP contribution in [-0.4, -0.2) is 37.5 Å². The molecule has 146 valence electrons. The van der Waals surface area contributed by atoms with Gasteiger partial charge in [-0.05, 0) is 57.2 Å². The van der Waals surface area contributed by atoms with Gasteiger partial charge in [0.15, 0.2) is 17.4 Å². The summed E-state index contributed by atoms with van der Waals surface area (Å²) in [4.78, 5) is 6.81. The van der Waals surface area contributed by atoms with E-state index in [0.717, 1.165) is 67.6 Å². The smallest absolute Gasteiger partial charge is 0.219 e. The van der Waals surface area contributed by atoms with Crippen LogP contribution in [0.15, 0.2) is 22.6 Å². The summed E-state index contributed by atoms with van der Waals surface area (Å²) >= 11 is 0. The minimum Gasteiger partial charge on any atom is -0.493 e. The van der Waals surface area contributed by atoms with Crippen molar-refractivity contribution in [2.45, 2.75) is 52.0 Å². The molecule has 0 radical (unpaired) electrons. The monoisotopic (exact) mass is 371 g/mol. The number of hydrogen-bond donors (Lipinski definition) is 1. The third-order valence-electron chi connectivity index (χ3n) is 5.13. The van der Waals surface area contributed by atoms with Gasteiger partial charge in [-0.2, -0.15) is 0 Å². The van der Waals surface area contributed by atoms with Gasteiger partial charge < -0.3 is 24.2 Å². The Hall–Kier alpha value is -2.50. The minimum atomic E-state index is 0.149. The van der Waals surface area contributed by atoms with E-state index in [0.29, 0.717) is 5.71 Å². The highest BCUT2D eigenvalue weighted by Crippen LogP contribution is 2.31. The van der Waals surface area contributed by atoms with Crippen molar-refractivity contribution in [2.24, 2.45) is 0 Å². The molecule has 1 N–H and O–H groups in total. The zero-order valence-electron chi connectivity index (χ0n) is 16.7. The SMILES string of the molecule is COc1ccc(CCCc2nc(C)c(N3CCC[C@H]3C(C)=N)o2)cc1OC. The van der Waals surface area contributed by atoms with Crippen LogP contribution in [0.4, 0.5) is 5.88 Å². The molecule has 6 heteroatoms. The maximum Gasteiger partial charge on any atom is 0.219 e. The number of rotatable bonds is 8. The molecule has 1 aliphatic rings. The Morgan fingerprint density at radius 3 is 2.74 bits per heavy atom. The lowest BCUT2D eigenvalue weighted by atomic mass is 10.1. The van der Waals surface area contributed by atoms with Gasteiger partial charge in [-0.1, -0.05) is 6.07 Å². The summed E-state index contributed by atoms with van der Waals surface area (Å²) in [5, 5.41) is 7.99. The summed E-state index contributed by atoms with van der Waals surface area (Å²) < 4.78 is 16.7. The van der Waals surface area contributed by atoms with E-state index in [9.17, 15) is 0 Å². The van der Waals surface area contributed by atoms with Crippen LogP contribution in [0.5, 0.6) is 11.5 Å². The molecule has 1 aromatic heterocycles. The molecule has 0 aliphatic carbocycles. The Kier molecular flexibility index (Phi) is 6.04. The number of oxazole rings is 1. The van der Waals surface area contributed by atoms with Crippen LogP contribution in [0, 0.1) is 12.3 Å². The standard InChI is InChI=1S/C21H29N3O3/c1-14(22)17-8-6-12-24(17)21-15(2)23-20(27-21)9-5-7-16-10-11-18(25-3)19(13-16)26-4/h10-11,13,17,22H,5-9,12H2,1-4H3/t17-/m0/s1. The van der Waals surface area contributed by atoms with Gasteiger partial charge in [0.25, 0.3) is 0 Å². The molecule has 1 aromatic carbocycles. The third kappa shape index (κ3) is 4.26. The van der Waals surface area contributed by atoms with Gasteiger partial charge >= 0.3 is 0 Å². The topological polar surface area (TPSA) is 71.6 Å². The highest BCUT2D eigenvalue weighted by molar-refractivity contribution is 5.87. The molecule has 3 rings (SSSR count). The predicted octanol–water partition coefficient (Wildman–Crippen LogP) is 4.18. The van der Waals surface area contributed by atoms with E-state index in [2.05, 4.69) is 16.0 Å². The van der Waals surface area contributed by atoms with Crippen molar-refractivity contribution in [3.8, 4) is 11.5 Å².